The Kier molecular flexibility index (Phi) is 9.70. The second kappa shape index (κ2) is 12.3. The van der Waals surface area contributed by atoms with Gasteiger partial charge in [-0.05, 0) is 65.8 Å². The molecule has 11 nitrogen and oxygen atoms in total. The Balaban J connectivity index is 2.22. The highest BCUT2D eigenvalue weighted by atomic mass is 19.1. The molecule has 3 N–H and O–H groups in total. The highest BCUT2D eigenvalue weighted by molar-refractivity contribution is 6.02. The summed E-state index contributed by atoms with van der Waals surface area (Å²) >= 11 is 0. The number of halogens is 2. The van der Waals surface area contributed by atoms with Crippen molar-refractivity contribution in [2.75, 3.05) is 0 Å². The van der Waals surface area contributed by atoms with Gasteiger partial charge in [0.1, 0.15) is 28.6 Å². The van der Waals surface area contributed by atoms with Crippen LogP contribution >= 0.6 is 0 Å². The maximum atomic E-state index is 14.1. The smallest absolute Gasteiger partial charge is 0.414 e. The van der Waals surface area contributed by atoms with Gasteiger partial charge in [-0.1, -0.05) is 0 Å². The molecule has 0 bridgehead atoms. The molecule has 0 unspecified atom stereocenters. The first-order chi connectivity index (χ1) is 17.9. The largest absolute Gasteiger partial charge is 0.481 e. The molecule has 0 aliphatic carbocycles. The number of esters is 1. The van der Waals surface area contributed by atoms with Crippen molar-refractivity contribution in [2.24, 2.45) is 4.99 Å². The molecule has 0 heterocycles. The number of guanidine groups is 1. The number of alkyl carbamates (subject to hydrolysis) is 2. The van der Waals surface area contributed by atoms with Crippen LogP contribution in [0, 0.1) is 11.6 Å². The number of carboxylic acids is 1. The Hall–Kier alpha value is -4.55. The lowest BCUT2D eigenvalue weighted by Crippen LogP contribution is -2.47. The summed E-state index contributed by atoms with van der Waals surface area (Å²) in [5, 5.41) is 13.4. The average Bonchev–Trinajstić information content (AvgIpc) is 2.73. The molecule has 0 spiro atoms. The van der Waals surface area contributed by atoms with Crippen LogP contribution in [0.15, 0.2) is 41.4 Å². The third-order valence-corrected chi connectivity index (χ3v) is 4.24. The summed E-state index contributed by atoms with van der Waals surface area (Å²) in [6.07, 6.45) is -2.67. The van der Waals surface area contributed by atoms with E-state index in [0.717, 1.165) is 0 Å². The third-order valence-electron chi connectivity index (χ3n) is 4.24. The number of rotatable bonds is 5. The van der Waals surface area contributed by atoms with Gasteiger partial charge in [0, 0.05) is 17.7 Å². The SMILES string of the molecule is CC(C)(C)OC(=O)NC(=Nc1ccc(C(=O)Oc2cc(F)c(CC(=O)O)c(F)c2)cc1)NC(=O)OC(C)(C)C. The summed E-state index contributed by atoms with van der Waals surface area (Å²) in [6.45, 7) is 9.89. The molecule has 0 saturated carbocycles. The Morgan fingerprint density at radius 3 is 1.72 bits per heavy atom. The second-order valence-electron chi connectivity index (χ2n) is 10.1. The van der Waals surface area contributed by atoms with Crippen molar-refractivity contribution < 1.29 is 47.3 Å². The number of hydrogen-bond acceptors (Lipinski definition) is 8. The number of aliphatic carboxylic acids is 1. The fraction of sp³-hybridized carbons (Fsp3) is 0.346. The zero-order chi connectivity index (χ0) is 29.5. The van der Waals surface area contributed by atoms with Gasteiger partial charge >= 0.3 is 24.1 Å². The molecular weight excluding hydrogens is 520 g/mol. The highest BCUT2D eigenvalue weighted by Crippen LogP contribution is 2.23. The van der Waals surface area contributed by atoms with Gasteiger partial charge in [-0.25, -0.2) is 28.2 Å². The first kappa shape index (κ1) is 30.7. The van der Waals surface area contributed by atoms with E-state index >= 15 is 0 Å². The number of carbonyl (C=O) groups is 4. The number of carboxylic acid groups (broad SMARTS) is 1. The summed E-state index contributed by atoms with van der Waals surface area (Å²) in [5.74, 6) is -5.52. The number of ether oxygens (including phenoxy) is 3. The van der Waals surface area contributed by atoms with Gasteiger partial charge < -0.3 is 19.3 Å². The zero-order valence-electron chi connectivity index (χ0n) is 22.2. The lowest BCUT2D eigenvalue weighted by Gasteiger charge is -2.22. The highest BCUT2D eigenvalue weighted by Gasteiger charge is 2.22. The van der Waals surface area contributed by atoms with Gasteiger partial charge in [-0.15, -0.1) is 0 Å². The quantitative estimate of drug-likeness (QED) is 0.207. The number of hydrogen-bond donors (Lipinski definition) is 3. The molecule has 2 amide bonds. The third kappa shape index (κ3) is 10.8. The predicted molar refractivity (Wildman–Crippen MR) is 135 cm³/mol. The maximum absolute atomic E-state index is 14.1. The number of nitrogens with zero attached hydrogens (tertiary/aromatic N) is 1. The summed E-state index contributed by atoms with van der Waals surface area (Å²) in [6, 6.07) is 6.67. The van der Waals surface area contributed by atoms with E-state index in [1.807, 2.05) is 0 Å². The van der Waals surface area contributed by atoms with Crippen LogP contribution in [0.1, 0.15) is 57.5 Å². The topological polar surface area (TPSA) is 153 Å². The van der Waals surface area contributed by atoms with Crippen LogP contribution in [0.25, 0.3) is 0 Å². The van der Waals surface area contributed by atoms with Gasteiger partial charge in [0.15, 0.2) is 0 Å². The van der Waals surface area contributed by atoms with E-state index in [2.05, 4.69) is 15.6 Å². The summed E-state index contributed by atoms with van der Waals surface area (Å²) in [7, 11) is 0. The van der Waals surface area contributed by atoms with Crippen molar-refractivity contribution in [3.05, 3.63) is 59.2 Å². The van der Waals surface area contributed by atoms with E-state index in [-0.39, 0.29) is 17.2 Å². The van der Waals surface area contributed by atoms with E-state index in [0.29, 0.717) is 12.1 Å². The van der Waals surface area contributed by atoms with Crippen molar-refractivity contribution in [1.29, 1.82) is 0 Å². The minimum absolute atomic E-state index is 0.0221. The fourth-order valence-corrected chi connectivity index (χ4v) is 2.81. The lowest BCUT2D eigenvalue weighted by molar-refractivity contribution is -0.136. The summed E-state index contributed by atoms with van der Waals surface area (Å²) in [4.78, 5) is 51.8. The first-order valence-electron chi connectivity index (χ1n) is 11.5. The van der Waals surface area contributed by atoms with E-state index in [1.54, 1.807) is 41.5 Å². The Morgan fingerprint density at radius 1 is 0.846 bits per heavy atom. The molecule has 0 atom stereocenters. The molecule has 0 radical (unpaired) electrons. The van der Waals surface area contributed by atoms with Crippen molar-refractivity contribution >= 4 is 35.8 Å². The molecule has 0 aliphatic heterocycles. The normalized spacial score (nSPS) is 11.2. The molecule has 2 aromatic rings. The molecule has 0 saturated heterocycles. The molecule has 0 aromatic heterocycles. The number of benzene rings is 2. The Bertz CT molecular complexity index is 1220. The second-order valence-corrected chi connectivity index (χ2v) is 10.1. The maximum Gasteiger partial charge on any atom is 0.414 e. The Labute approximate surface area is 223 Å². The van der Waals surface area contributed by atoms with Gasteiger partial charge in [0.05, 0.1) is 17.7 Å². The number of aliphatic imine (C=N–C) groups is 1. The monoisotopic (exact) mass is 549 g/mol. The van der Waals surface area contributed by atoms with Crippen molar-refractivity contribution in [2.45, 2.75) is 59.2 Å². The average molecular weight is 550 g/mol. The van der Waals surface area contributed by atoms with E-state index in [9.17, 15) is 28.0 Å². The van der Waals surface area contributed by atoms with Crippen LogP contribution < -0.4 is 15.4 Å². The van der Waals surface area contributed by atoms with E-state index < -0.39 is 64.7 Å². The van der Waals surface area contributed by atoms with Crippen LogP contribution in [0.4, 0.5) is 24.1 Å². The van der Waals surface area contributed by atoms with Crippen LogP contribution in [-0.4, -0.2) is 46.4 Å². The molecule has 39 heavy (non-hydrogen) atoms. The van der Waals surface area contributed by atoms with Crippen LogP contribution in [0.3, 0.4) is 0 Å². The van der Waals surface area contributed by atoms with Crippen molar-refractivity contribution in [1.82, 2.24) is 10.6 Å². The molecule has 2 rings (SSSR count). The van der Waals surface area contributed by atoms with Crippen molar-refractivity contribution in [3.8, 4) is 5.75 Å². The minimum atomic E-state index is -1.42. The van der Waals surface area contributed by atoms with Gasteiger partial charge in [-0.2, -0.15) is 0 Å². The number of amides is 2. The van der Waals surface area contributed by atoms with Crippen LogP contribution in [0.2, 0.25) is 0 Å². The number of nitrogens with one attached hydrogen (secondary N) is 2. The standard InChI is InChI=1S/C26H29F2N3O8/c1-25(2,3)38-23(35)30-22(31-24(36)39-26(4,5)6)29-15-9-7-14(8-10-15)21(34)37-16-11-18(27)17(13-20(32)33)19(28)12-16/h7-12H,13H2,1-6H3,(H,32,33)(H2,29,30,31,35,36). The zero-order valence-corrected chi connectivity index (χ0v) is 22.2. The first-order valence-corrected chi connectivity index (χ1v) is 11.5. The van der Waals surface area contributed by atoms with E-state index in [1.165, 1.54) is 24.3 Å². The predicted octanol–water partition coefficient (Wildman–Crippen LogP) is 4.85. The van der Waals surface area contributed by atoms with Gasteiger partial charge in [0.2, 0.25) is 5.96 Å². The molecule has 13 heteroatoms. The fourth-order valence-electron chi connectivity index (χ4n) is 2.81. The van der Waals surface area contributed by atoms with Crippen molar-refractivity contribution in [3.63, 3.8) is 0 Å². The summed E-state index contributed by atoms with van der Waals surface area (Å²) in [5.41, 5.74) is -2.16. The summed E-state index contributed by atoms with van der Waals surface area (Å²) < 4.78 is 43.5. The Morgan fingerprint density at radius 2 is 1.31 bits per heavy atom. The van der Waals surface area contributed by atoms with E-state index in [4.69, 9.17) is 19.3 Å². The van der Waals surface area contributed by atoms with Gasteiger partial charge in [-0.3, -0.25) is 15.4 Å². The molecule has 0 aliphatic rings. The molecule has 2 aromatic carbocycles. The molecular formula is C26H29F2N3O8. The molecule has 210 valence electrons. The number of carbonyl (C=O) groups excluding carboxylic acids is 3. The van der Waals surface area contributed by atoms with Gasteiger partial charge in [0.25, 0.3) is 0 Å². The minimum Gasteiger partial charge on any atom is -0.481 e. The van der Waals surface area contributed by atoms with Crippen LogP contribution in [-0.2, 0) is 20.7 Å². The lowest BCUT2D eigenvalue weighted by atomic mass is 10.1. The van der Waals surface area contributed by atoms with Crippen LogP contribution in [0.5, 0.6) is 5.75 Å². The molecule has 0 fully saturated rings.